The molecule has 0 saturated carbocycles. The molecule has 1 saturated heterocycles. The van der Waals surface area contributed by atoms with Crippen molar-refractivity contribution in [3.8, 4) is 5.75 Å². The molecule has 14 heteroatoms. The average Bonchev–Trinajstić information content (AvgIpc) is 3.43. The quantitative estimate of drug-likeness (QED) is 0.269. The number of ether oxygens (including phenoxy) is 1. The van der Waals surface area contributed by atoms with Gasteiger partial charge in [-0.1, -0.05) is 25.1 Å². The van der Waals surface area contributed by atoms with Crippen molar-refractivity contribution >= 4 is 30.7 Å². The zero-order valence-corrected chi connectivity index (χ0v) is 19.9. The molecule has 0 amide bonds. The number of para-hydroxylation sites is 1. The number of benzene rings is 1. The number of alkyl halides is 1. The van der Waals surface area contributed by atoms with E-state index in [1.165, 1.54) is 24.3 Å². The van der Waals surface area contributed by atoms with Gasteiger partial charge in [-0.05, 0) is 25.5 Å². The van der Waals surface area contributed by atoms with Crippen LogP contribution in [0.25, 0.3) is 11.2 Å². The molecule has 0 spiro atoms. The number of aromatic nitrogens is 4. The number of aliphatic hydroxyl groups is 1. The number of imidazole rings is 1. The second-order valence-electron chi connectivity index (χ2n) is 7.91. The Balaban J connectivity index is 1.69. The number of fused-ring (bicyclic) bond motifs is 1. The van der Waals surface area contributed by atoms with Crippen LogP contribution >= 0.6 is 7.75 Å². The Hall–Kier alpha value is -2.83. The van der Waals surface area contributed by atoms with Crippen LogP contribution in [0, 0.1) is 5.92 Å². The van der Waals surface area contributed by atoms with Crippen molar-refractivity contribution in [2.24, 2.45) is 5.92 Å². The summed E-state index contributed by atoms with van der Waals surface area (Å²) >= 11 is 0. The smallest absolute Gasteiger partial charge is 0.413 e. The molecule has 2 aromatic heterocycles. The maximum Gasteiger partial charge on any atom is 0.458 e. The number of rotatable bonds is 11. The van der Waals surface area contributed by atoms with Gasteiger partial charge >= 0.3 is 7.75 Å². The summed E-state index contributed by atoms with van der Waals surface area (Å²) in [5, 5.41) is 14.5. The normalized spacial score (nSPS) is 31.3. The van der Waals surface area contributed by atoms with Crippen molar-refractivity contribution in [2.75, 3.05) is 37.7 Å². The molecule has 6 atom stereocenters. The molecule has 1 fully saturated rings. The number of anilines is 2. The largest absolute Gasteiger partial charge is 0.458 e. The fraction of sp³-hybridized carbons (Fsp3) is 0.500. The molecule has 1 unspecified atom stereocenters. The van der Waals surface area contributed by atoms with Crippen LogP contribution in [0.5, 0.6) is 5.75 Å². The van der Waals surface area contributed by atoms with Crippen molar-refractivity contribution in [1.82, 2.24) is 24.6 Å². The highest BCUT2D eigenvalue weighted by Gasteiger charge is 2.56. The van der Waals surface area contributed by atoms with E-state index >= 15 is 4.39 Å². The van der Waals surface area contributed by atoms with Gasteiger partial charge in [-0.25, -0.2) is 19.0 Å². The summed E-state index contributed by atoms with van der Waals surface area (Å²) in [4.78, 5) is 11.9. The second kappa shape index (κ2) is 10.7. The number of hydrogen-bond donors (Lipinski definition) is 4. The number of aliphatic hydroxyl groups excluding tert-OH is 1. The van der Waals surface area contributed by atoms with Crippen molar-refractivity contribution in [1.29, 1.82) is 0 Å². The van der Waals surface area contributed by atoms with E-state index in [9.17, 15) is 9.67 Å². The van der Waals surface area contributed by atoms with Crippen LogP contribution in [0.3, 0.4) is 0 Å². The van der Waals surface area contributed by atoms with E-state index in [2.05, 4.69) is 25.4 Å². The Bertz CT molecular complexity index is 1550. The molecular formula is C22H31FN7O5P. The number of nitrogens with two attached hydrogens (primary N) is 1. The summed E-state index contributed by atoms with van der Waals surface area (Å²) < 4.78 is 118. The highest BCUT2D eigenvalue weighted by Crippen LogP contribution is 2.49. The lowest BCUT2D eigenvalue weighted by Gasteiger charge is -2.27. The fourth-order valence-electron chi connectivity index (χ4n) is 3.74. The summed E-state index contributed by atoms with van der Waals surface area (Å²) in [7, 11) is -4.87. The van der Waals surface area contributed by atoms with E-state index < -0.39 is 77.5 Å². The third-order valence-electron chi connectivity index (χ3n) is 5.50. The van der Waals surface area contributed by atoms with Gasteiger partial charge in [0.15, 0.2) is 28.9 Å². The first-order valence-corrected chi connectivity index (χ1v) is 12.2. The number of nitrogens with one attached hydrogen (secondary N) is 2. The Morgan fingerprint density at radius 3 is 2.94 bits per heavy atom. The maximum atomic E-state index is 16.5. The monoisotopic (exact) mass is 532 g/mol. The van der Waals surface area contributed by atoms with Gasteiger partial charge in [-0.3, -0.25) is 9.09 Å². The Labute approximate surface area is 220 Å². The first-order chi connectivity index (χ1) is 20.7. The number of nitrogen functional groups attached to an aromatic ring is 1. The van der Waals surface area contributed by atoms with Crippen LogP contribution in [-0.2, 0) is 13.8 Å². The molecule has 0 bridgehead atoms. The molecule has 36 heavy (non-hydrogen) atoms. The Morgan fingerprint density at radius 2 is 2.22 bits per heavy atom. The highest BCUT2D eigenvalue weighted by molar-refractivity contribution is 7.52. The minimum atomic E-state index is -4.87. The third-order valence-corrected chi connectivity index (χ3v) is 6.87. The second-order valence-corrected chi connectivity index (χ2v) is 9.58. The fourth-order valence-corrected chi connectivity index (χ4v) is 4.86. The number of hydrogen-bond acceptors (Lipinski definition) is 10. The minimum Gasteiger partial charge on any atom is -0.413 e. The van der Waals surface area contributed by atoms with E-state index in [0.717, 1.165) is 17.8 Å². The summed E-state index contributed by atoms with van der Waals surface area (Å²) in [6.45, 7) is -9.44. The van der Waals surface area contributed by atoms with Gasteiger partial charge in [0.05, 0.1) is 28.3 Å². The van der Waals surface area contributed by atoms with Gasteiger partial charge in [-0.15, -0.1) is 0 Å². The summed E-state index contributed by atoms with van der Waals surface area (Å²) in [6, 6.07) is 7.35. The highest BCUT2D eigenvalue weighted by atomic mass is 31.2. The molecule has 12 nitrogen and oxygen atoms in total. The van der Waals surface area contributed by atoms with Gasteiger partial charge in [0, 0.05) is 29.0 Å². The van der Waals surface area contributed by atoms with Crippen molar-refractivity contribution in [2.45, 2.75) is 38.2 Å². The molecule has 4 rings (SSSR count). The van der Waals surface area contributed by atoms with Crippen LogP contribution in [-0.4, -0.2) is 63.1 Å². The number of nitrogens with zero attached hydrogens (tertiary/aromatic N) is 4. The van der Waals surface area contributed by atoms with Gasteiger partial charge in [0.2, 0.25) is 5.95 Å². The van der Waals surface area contributed by atoms with Crippen LogP contribution < -0.4 is 20.7 Å². The maximum absolute atomic E-state index is 16.5. The molecule has 1 aliphatic rings. The Morgan fingerprint density at radius 1 is 1.42 bits per heavy atom. The van der Waals surface area contributed by atoms with Gasteiger partial charge < -0.3 is 25.4 Å². The third kappa shape index (κ3) is 5.16. The predicted octanol–water partition coefficient (Wildman–Crippen LogP) is 2.89. The van der Waals surface area contributed by atoms with Gasteiger partial charge in [0.1, 0.15) is 5.75 Å². The Kier molecular flexibility index (Phi) is 4.98. The summed E-state index contributed by atoms with van der Waals surface area (Å²) in [5.41, 5.74) is 2.84. The molecule has 3 aromatic rings. The first kappa shape index (κ1) is 16.8. The van der Waals surface area contributed by atoms with Crippen molar-refractivity contribution < 1.29 is 40.2 Å². The molecule has 0 radical (unpaired) electrons. The van der Waals surface area contributed by atoms with Crippen LogP contribution in [0.15, 0.2) is 36.7 Å². The zero-order chi connectivity index (χ0) is 33.6. The van der Waals surface area contributed by atoms with E-state index in [0.29, 0.717) is 0 Å². The minimum absolute atomic E-state index is 0.0672. The standard InChI is InChI=1S/C22H31FN7O5P/c1-4-10-27-36(32,35-14-8-6-5-7-9-14)33-12-16-15(11-31)22(2,23)20(34-16)30-13-26-17-18(25-3)28-21(24)29-19(17)30/h5-9,13,15-16,20,31H,4,10-12H2,1-3H3,(H,27,32)(H3,24,25,28,29)/t15-,16+,20-,22-,36?/m1/s1/i1D3,3D3,4D,12D2/t4-,15-,16+,20-,22-,36?. The average molecular weight is 533 g/mol. The molecule has 5 N–H and O–H groups in total. The van der Waals surface area contributed by atoms with Crippen molar-refractivity contribution in [3.63, 3.8) is 0 Å². The van der Waals surface area contributed by atoms with Crippen LogP contribution in [0.1, 0.15) is 38.7 Å². The van der Waals surface area contributed by atoms with E-state index in [-0.39, 0.29) is 22.7 Å². The summed E-state index contributed by atoms with van der Waals surface area (Å²) in [6.07, 6.45) is -4.52. The van der Waals surface area contributed by atoms with E-state index in [4.69, 9.17) is 31.9 Å². The van der Waals surface area contributed by atoms with Crippen molar-refractivity contribution in [3.05, 3.63) is 36.7 Å². The SMILES string of the molecule is [2H][C@@H](CNP(=O)(Oc1ccccc1)OC([2H])([2H])[C@@H]1O[C@@H](n2cnc3c(NC([2H])([2H])[2H])nc(N)nc32)[C@](C)(F)[C@@H]1CO)C([2H])([2H])[2H]. The molecular weight excluding hydrogens is 492 g/mol. The number of halogens is 1. The van der Waals surface area contributed by atoms with Gasteiger partial charge in [0.25, 0.3) is 0 Å². The molecule has 1 aliphatic heterocycles. The zero-order valence-electron chi connectivity index (χ0n) is 28.0. The lowest BCUT2D eigenvalue weighted by Crippen LogP contribution is -2.38. The molecule has 3 heterocycles. The summed E-state index contributed by atoms with van der Waals surface area (Å²) in [5.74, 6) is -2.44. The molecule has 196 valence electrons. The van der Waals surface area contributed by atoms with E-state index in [1.54, 1.807) is 6.07 Å². The van der Waals surface area contributed by atoms with Gasteiger partial charge in [-0.2, -0.15) is 9.97 Å². The predicted molar refractivity (Wildman–Crippen MR) is 132 cm³/mol. The first-order valence-electron chi connectivity index (χ1n) is 15.2. The van der Waals surface area contributed by atoms with Crippen LogP contribution in [0.2, 0.25) is 0 Å². The van der Waals surface area contributed by atoms with Crippen LogP contribution in [0.4, 0.5) is 16.2 Å². The molecule has 0 aliphatic carbocycles. The van der Waals surface area contributed by atoms with E-state index in [1.807, 2.05) is 0 Å². The molecule has 1 aromatic carbocycles. The lowest BCUT2D eigenvalue weighted by molar-refractivity contribution is -0.0547. The topological polar surface area (TPSA) is 159 Å². The lowest BCUT2D eigenvalue weighted by atomic mass is 9.88.